The number of likely N-dealkylation sites (N-methyl/N-ethyl adjacent to an activating group) is 1. The second-order valence-corrected chi connectivity index (χ2v) is 5.19. The Labute approximate surface area is 112 Å². The molecule has 0 saturated heterocycles. The van der Waals surface area contributed by atoms with E-state index in [9.17, 15) is 4.79 Å². The van der Waals surface area contributed by atoms with Crippen molar-refractivity contribution < 1.29 is 0 Å². The van der Waals surface area contributed by atoms with Crippen LogP contribution >= 0.6 is 0 Å². The van der Waals surface area contributed by atoms with E-state index in [0.29, 0.717) is 17.6 Å². The first-order valence-electron chi connectivity index (χ1n) is 6.70. The highest BCUT2D eigenvalue weighted by molar-refractivity contribution is 5.38. The highest BCUT2D eigenvalue weighted by Gasteiger charge is 2.24. The number of hydrogen-bond acceptors (Lipinski definition) is 4. The summed E-state index contributed by atoms with van der Waals surface area (Å²) in [4.78, 5) is 15.9. The minimum atomic E-state index is -0.255. The third-order valence-electron chi connectivity index (χ3n) is 3.46. The minimum absolute atomic E-state index is 0.255. The molecule has 2 N–H and O–H groups in total. The average Bonchev–Trinajstić information content (AvgIpc) is 2.71. The van der Waals surface area contributed by atoms with Crippen molar-refractivity contribution in [3.8, 4) is 0 Å². The molecule has 0 bridgehead atoms. The summed E-state index contributed by atoms with van der Waals surface area (Å²) >= 11 is 0. The fraction of sp³-hybridized carbons (Fsp3) is 0.615. The van der Waals surface area contributed by atoms with E-state index < -0.39 is 0 Å². The average molecular weight is 263 g/mol. The SMILES string of the molecule is CCNC(C)C(c1cc2n[nH]c(=O)n2cn1)C(C)C. The Bertz CT molecular complexity index is 600. The van der Waals surface area contributed by atoms with E-state index in [1.165, 1.54) is 4.40 Å². The number of aromatic amines is 1. The number of nitrogens with one attached hydrogen (secondary N) is 2. The quantitative estimate of drug-likeness (QED) is 0.848. The Morgan fingerprint density at radius 2 is 2.16 bits per heavy atom. The molecule has 6 heteroatoms. The van der Waals surface area contributed by atoms with Crippen molar-refractivity contribution in [3.63, 3.8) is 0 Å². The van der Waals surface area contributed by atoms with Crippen molar-refractivity contribution >= 4 is 5.65 Å². The Kier molecular flexibility index (Phi) is 3.99. The molecule has 0 aliphatic heterocycles. The molecule has 2 rings (SSSR count). The summed E-state index contributed by atoms with van der Waals surface area (Å²) in [6.07, 6.45) is 1.55. The van der Waals surface area contributed by atoms with E-state index in [2.05, 4.69) is 48.2 Å². The second-order valence-electron chi connectivity index (χ2n) is 5.19. The summed E-state index contributed by atoms with van der Waals surface area (Å²) < 4.78 is 1.42. The van der Waals surface area contributed by atoms with Gasteiger partial charge in [0.2, 0.25) is 0 Å². The zero-order valence-corrected chi connectivity index (χ0v) is 11.8. The molecule has 0 amide bonds. The van der Waals surface area contributed by atoms with E-state index >= 15 is 0 Å². The number of hydrogen-bond donors (Lipinski definition) is 2. The standard InChI is InChI=1S/C13H21N5O/c1-5-14-9(4)12(8(2)3)10-6-11-16-17-13(19)18(11)7-15-10/h6-9,12,14H,5H2,1-4H3,(H,17,19). The van der Waals surface area contributed by atoms with Gasteiger partial charge in [0.05, 0.1) is 5.69 Å². The smallest absolute Gasteiger partial charge is 0.314 e. The van der Waals surface area contributed by atoms with Gasteiger partial charge in [-0.2, -0.15) is 5.10 Å². The van der Waals surface area contributed by atoms with E-state index in [-0.39, 0.29) is 11.6 Å². The number of fused-ring (bicyclic) bond motifs is 1. The van der Waals surface area contributed by atoms with Gasteiger partial charge >= 0.3 is 5.69 Å². The summed E-state index contributed by atoms with van der Waals surface area (Å²) in [7, 11) is 0. The summed E-state index contributed by atoms with van der Waals surface area (Å²) in [6, 6.07) is 2.21. The van der Waals surface area contributed by atoms with Crippen LogP contribution in [0.2, 0.25) is 0 Å². The molecule has 2 aromatic rings. The first kappa shape index (κ1) is 13.7. The minimum Gasteiger partial charge on any atom is -0.314 e. The van der Waals surface area contributed by atoms with Gasteiger partial charge in [-0.1, -0.05) is 20.8 Å². The van der Waals surface area contributed by atoms with Crippen molar-refractivity contribution in [2.75, 3.05) is 6.54 Å². The van der Waals surface area contributed by atoms with E-state index in [1.54, 1.807) is 6.33 Å². The van der Waals surface area contributed by atoms with Crippen molar-refractivity contribution in [1.29, 1.82) is 0 Å². The zero-order chi connectivity index (χ0) is 14.0. The lowest BCUT2D eigenvalue weighted by Crippen LogP contribution is -2.35. The Morgan fingerprint density at radius 3 is 2.79 bits per heavy atom. The normalized spacial score (nSPS) is 15.0. The predicted octanol–water partition coefficient (Wildman–Crippen LogP) is 1.16. The Morgan fingerprint density at radius 1 is 1.42 bits per heavy atom. The van der Waals surface area contributed by atoms with E-state index in [1.807, 2.05) is 6.07 Å². The van der Waals surface area contributed by atoms with Gasteiger partial charge in [-0.25, -0.2) is 19.3 Å². The van der Waals surface area contributed by atoms with Gasteiger partial charge in [-0.3, -0.25) is 0 Å². The highest BCUT2D eigenvalue weighted by atomic mass is 16.1. The van der Waals surface area contributed by atoms with Gasteiger partial charge in [0.15, 0.2) is 5.65 Å². The monoisotopic (exact) mass is 263 g/mol. The predicted molar refractivity (Wildman–Crippen MR) is 74.3 cm³/mol. The first-order valence-corrected chi connectivity index (χ1v) is 6.70. The number of aromatic nitrogens is 4. The maximum atomic E-state index is 11.4. The lowest BCUT2D eigenvalue weighted by atomic mass is 9.86. The lowest BCUT2D eigenvalue weighted by molar-refractivity contribution is 0.376. The summed E-state index contributed by atoms with van der Waals surface area (Å²) in [5.74, 6) is 0.742. The molecule has 0 saturated carbocycles. The fourth-order valence-corrected chi connectivity index (χ4v) is 2.63. The molecule has 2 heterocycles. The maximum Gasteiger partial charge on any atom is 0.348 e. The Balaban J connectivity index is 2.41. The Hall–Kier alpha value is -1.69. The fourth-order valence-electron chi connectivity index (χ4n) is 2.63. The van der Waals surface area contributed by atoms with Crippen molar-refractivity contribution in [3.05, 3.63) is 28.6 Å². The summed E-state index contributed by atoms with van der Waals surface area (Å²) in [6.45, 7) is 9.55. The van der Waals surface area contributed by atoms with Gasteiger partial charge in [0.25, 0.3) is 0 Å². The molecule has 2 unspecified atom stereocenters. The van der Waals surface area contributed by atoms with Crippen LogP contribution in [0.5, 0.6) is 0 Å². The van der Waals surface area contributed by atoms with Crippen LogP contribution in [0, 0.1) is 5.92 Å². The molecule has 2 atom stereocenters. The van der Waals surface area contributed by atoms with Crippen LogP contribution in [-0.2, 0) is 0 Å². The van der Waals surface area contributed by atoms with Crippen molar-refractivity contribution in [2.24, 2.45) is 5.92 Å². The number of rotatable bonds is 5. The van der Waals surface area contributed by atoms with Crippen LogP contribution in [-0.4, -0.2) is 32.2 Å². The molecule has 104 valence electrons. The molecule has 0 radical (unpaired) electrons. The number of H-pyrrole nitrogens is 1. The van der Waals surface area contributed by atoms with Gasteiger partial charge < -0.3 is 5.32 Å². The van der Waals surface area contributed by atoms with Gasteiger partial charge in [-0.05, 0) is 19.4 Å². The molecule has 0 aliphatic rings. The molecular weight excluding hydrogens is 242 g/mol. The third-order valence-corrected chi connectivity index (χ3v) is 3.46. The van der Waals surface area contributed by atoms with Crippen LogP contribution in [0.4, 0.5) is 0 Å². The molecule has 0 aliphatic carbocycles. The molecule has 2 aromatic heterocycles. The van der Waals surface area contributed by atoms with Crippen LogP contribution in [0.25, 0.3) is 5.65 Å². The van der Waals surface area contributed by atoms with Gasteiger partial charge in [0.1, 0.15) is 6.33 Å². The molecule has 0 spiro atoms. The lowest BCUT2D eigenvalue weighted by Gasteiger charge is -2.27. The van der Waals surface area contributed by atoms with Gasteiger partial charge in [0, 0.05) is 18.0 Å². The van der Waals surface area contributed by atoms with Gasteiger partial charge in [-0.15, -0.1) is 0 Å². The van der Waals surface area contributed by atoms with Crippen LogP contribution in [0.3, 0.4) is 0 Å². The summed E-state index contributed by atoms with van der Waals surface area (Å²) in [5.41, 5.74) is 1.33. The molecule has 6 nitrogen and oxygen atoms in total. The van der Waals surface area contributed by atoms with Crippen LogP contribution in [0.15, 0.2) is 17.2 Å². The third kappa shape index (κ3) is 2.68. The van der Waals surface area contributed by atoms with Crippen molar-refractivity contribution in [2.45, 2.75) is 39.7 Å². The summed E-state index contributed by atoms with van der Waals surface area (Å²) in [5, 5.41) is 9.86. The highest BCUT2D eigenvalue weighted by Crippen LogP contribution is 2.26. The molecular formula is C13H21N5O. The van der Waals surface area contributed by atoms with E-state index in [0.717, 1.165) is 12.2 Å². The first-order chi connectivity index (χ1) is 9.04. The van der Waals surface area contributed by atoms with E-state index in [4.69, 9.17) is 0 Å². The number of nitrogens with zero attached hydrogens (tertiary/aromatic N) is 3. The maximum absolute atomic E-state index is 11.4. The molecule has 19 heavy (non-hydrogen) atoms. The zero-order valence-electron chi connectivity index (χ0n) is 11.8. The topological polar surface area (TPSA) is 75.1 Å². The second kappa shape index (κ2) is 5.52. The largest absolute Gasteiger partial charge is 0.348 e. The van der Waals surface area contributed by atoms with Crippen molar-refractivity contribution in [1.82, 2.24) is 24.9 Å². The molecule has 0 fully saturated rings. The van der Waals surface area contributed by atoms with Crippen LogP contribution < -0.4 is 11.0 Å². The molecule has 0 aromatic carbocycles. The van der Waals surface area contributed by atoms with Crippen LogP contribution in [0.1, 0.15) is 39.3 Å².